The average molecular weight is 252 g/mol. The molecule has 0 spiro atoms. The predicted octanol–water partition coefficient (Wildman–Crippen LogP) is 2.47. The van der Waals surface area contributed by atoms with Crippen molar-refractivity contribution in [3.63, 3.8) is 0 Å². The van der Waals surface area contributed by atoms with Crippen molar-refractivity contribution >= 4 is 16.7 Å². The van der Waals surface area contributed by atoms with E-state index < -0.39 is 0 Å². The van der Waals surface area contributed by atoms with Gasteiger partial charge >= 0.3 is 0 Å². The van der Waals surface area contributed by atoms with Crippen LogP contribution >= 0.6 is 0 Å². The Bertz CT molecular complexity index is 771. The maximum Gasteiger partial charge on any atom is 0.179 e. The average Bonchev–Trinajstić information content (AvgIpc) is 2.93. The number of nitriles is 1. The highest BCUT2D eigenvalue weighted by atomic mass is 16.6. The van der Waals surface area contributed by atoms with Crippen molar-refractivity contribution in [3.8, 4) is 17.6 Å². The number of fused-ring (bicyclic) bond motifs is 1. The summed E-state index contributed by atoms with van der Waals surface area (Å²) in [5, 5.41) is 16.2. The number of benzene rings is 2. The van der Waals surface area contributed by atoms with Crippen LogP contribution in [0.5, 0.6) is 11.5 Å². The summed E-state index contributed by atoms with van der Waals surface area (Å²) in [4.78, 5) is 0. The van der Waals surface area contributed by atoms with Gasteiger partial charge in [-0.1, -0.05) is 0 Å². The van der Waals surface area contributed by atoms with Gasteiger partial charge in [-0.25, -0.2) is 4.63 Å². The van der Waals surface area contributed by atoms with Crippen LogP contribution in [0.15, 0.2) is 41.0 Å². The SMILES string of the molecule is N#Cc1ccc(Oc2ccc(N)c3nonc23)cc1. The van der Waals surface area contributed by atoms with Crippen molar-refractivity contribution in [1.82, 2.24) is 10.3 Å². The molecule has 0 aliphatic heterocycles. The molecule has 6 heteroatoms. The fourth-order valence-corrected chi connectivity index (χ4v) is 1.67. The van der Waals surface area contributed by atoms with Crippen LogP contribution < -0.4 is 10.5 Å². The lowest BCUT2D eigenvalue weighted by atomic mass is 10.2. The topological polar surface area (TPSA) is 98.0 Å². The van der Waals surface area contributed by atoms with E-state index in [0.29, 0.717) is 33.8 Å². The van der Waals surface area contributed by atoms with Crippen LogP contribution in [0.25, 0.3) is 11.0 Å². The van der Waals surface area contributed by atoms with Crippen molar-refractivity contribution in [2.75, 3.05) is 5.73 Å². The molecule has 3 aromatic rings. The Hall–Kier alpha value is -3.07. The van der Waals surface area contributed by atoms with Gasteiger partial charge in [0.05, 0.1) is 17.3 Å². The maximum atomic E-state index is 8.73. The summed E-state index contributed by atoms with van der Waals surface area (Å²) < 4.78 is 10.3. The number of ether oxygens (including phenoxy) is 1. The third-order valence-electron chi connectivity index (χ3n) is 2.62. The zero-order valence-electron chi connectivity index (χ0n) is 9.70. The first-order valence-corrected chi connectivity index (χ1v) is 5.46. The molecule has 0 radical (unpaired) electrons. The molecule has 0 aliphatic carbocycles. The van der Waals surface area contributed by atoms with Gasteiger partial charge in [0, 0.05) is 0 Å². The third kappa shape index (κ3) is 1.93. The summed E-state index contributed by atoms with van der Waals surface area (Å²) in [5.41, 5.74) is 7.72. The zero-order valence-corrected chi connectivity index (χ0v) is 9.70. The predicted molar refractivity (Wildman–Crippen MR) is 67.4 cm³/mol. The van der Waals surface area contributed by atoms with E-state index in [2.05, 4.69) is 14.9 Å². The summed E-state index contributed by atoms with van der Waals surface area (Å²) in [7, 11) is 0. The van der Waals surface area contributed by atoms with Crippen molar-refractivity contribution in [2.24, 2.45) is 0 Å². The quantitative estimate of drug-likeness (QED) is 0.703. The minimum atomic E-state index is 0.462. The van der Waals surface area contributed by atoms with Gasteiger partial charge < -0.3 is 10.5 Å². The number of anilines is 1. The molecule has 0 aliphatic rings. The van der Waals surface area contributed by atoms with Gasteiger partial charge in [0.1, 0.15) is 5.75 Å². The van der Waals surface area contributed by atoms with E-state index in [-0.39, 0.29) is 0 Å². The van der Waals surface area contributed by atoms with E-state index in [0.717, 1.165) is 0 Å². The normalized spacial score (nSPS) is 10.3. The van der Waals surface area contributed by atoms with Crippen LogP contribution in [0.3, 0.4) is 0 Å². The summed E-state index contributed by atoms with van der Waals surface area (Å²) in [5.74, 6) is 1.09. The molecule has 6 nitrogen and oxygen atoms in total. The second-order valence-electron chi connectivity index (χ2n) is 3.85. The summed E-state index contributed by atoms with van der Waals surface area (Å²) >= 11 is 0. The molecular weight excluding hydrogens is 244 g/mol. The minimum absolute atomic E-state index is 0.462. The molecular formula is C13H8N4O2. The van der Waals surface area contributed by atoms with Crippen LogP contribution in [0.1, 0.15) is 5.56 Å². The van der Waals surface area contributed by atoms with Crippen molar-refractivity contribution in [2.45, 2.75) is 0 Å². The van der Waals surface area contributed by atoms with Gasteiger partial charge in [-0.05, 0) is 46.7 Å². The highest BCUT2D eigenvalue weighted by Gasteiger charge is 2.11. The Morgan fingerprint density at radius 3 is 2.53 bits per heavy atom. The minimum Gasteiger partial charge on any atom is -0.455 e. The molecule has 2 aromatic carbocycles. The van der Waals surface area contributed by atoms with E-state index >= 15 is 0 Å². The fraction of sp³-hybridized carbons (Fsp3) is 0. The monoisotopic (exact) mass is 252 g/mol. The van der Waals surface area contributed by atoms with Crippen LogP contribution in [-0.2, 0) is 0 Å². The van der Waals surface area contributed by atoms with Gasteiger partial charge in [0.25, 0.3) is 0 Å². The summed E-state index contributed by atoms with van der Waals surface area (Å²) in [6.07, 6.45) is 0. The van der Waals surface area contributed by atoms with Crippen molar-refractivity contribution < 1.29 is 9.37 Å². The molecule has 0 amide bonds. The molecule has 1 heterocycles. The first kappa shape index (κ1) is 11.0. The van der Waals surface area contributed by atoms with E-state index in [1.807, 2.05) is 6.07 Å². The number of hydrogen-bond acceptors (Lipinski definition) is 6. The lowest BCUT2D eigenvalue weighted by molar-refractivity contribution is 0.314. The van der Waals surface area contributed by atoms with Gasteiger partial charge in [-0.15, -0.1) is 0 Å². The largest absolute Gasteiger partial charge is 0.455 e. The first-order valence-electron chi connectivity index (χ1n) is 5.46. The Kier molecular flexibility index (Phi) is 2.50. The second-order valence-corrected chi connectivity index (χ2v) is 3.85. The molecule has 2 N–H and O–H groups in total. The Morgan fingerprint density at radius 2 is 1.79 bits per heavy atom. The second kappa shape index (κ2) is 4.31. The molecule has 19 heavy (non-hydrogen) atoms. The molecule has 0 saturated carbocycles. The Labute approximate surface area is 108 Å². The van der Waals surface area contributed by atoms with E-state index in [4.69, 9.17) is 15.7 Å². The summed E-state index contributed by atoms with van der Waals surface area (Å²) in [6, 6.07) is 12.2. The van der Waals surface area contributed by atoms with E-state index in [9.17, 15) is 0 Å². The number of hydrogen-bond donors (Lipinski definition) is 1. The number of aromatic nitrogens is 2. The lowest BCUT2D eigenvalue weighted by Crippen LogP contribution is -1.90. The van der Waals surface area contributed by atoms with Gasteiger partial charge in [-0.3, -0.25) is 0 Å². The highest BCUT2D eigenvalue weighted by Crippen LogP contribution is 2.30. The molecule has 0 fully saturated rings. The first-order chi connectivity index (χ1) is 9.28. The molecule has 3 rings (SSSR count). The zero-order chi connectivity index (χ0) is 13.2. The van der Waals surface area contributed by atoms with E-state index in [1.165, 1.54) is 0 Å². The third-order valence-corrected chi connectivity index (χ3v) is 2.62. The van der Waals surface area contributed by atoms with Crippen LogP contribution in [0.4, 0.5) is 5.69 Å². The smallest absolute Gasteiger partial charge is 0.179 e. The summed E-state index contributed by atoms with van der Waals surface area (Å²) in [6.45, 7) is 0. The molecule has 0 unspecified atom stereocenters. The Balaban J connectivity index is 1.99. The molecule has 0 atom stereocenters. The van der Waals surface area contributed by atoms with Crippen LogP contribution in [-0.4, -0.2) is 10.3 Å². The van der Waals surface area contributed by atoms with Gasteiger partial charge in [0.2, 0.25) is 0 Å². The number of rotatable bonds is 2. The lowest BCUT2D eigenvalue weighted by Gasteiger charge is -2.05. The van der Waals surface area contributed by atoms with Crippen LogP contribution in [0.2, 0.25) is 0 Å². The van der Waals surface area contributed by atoms with Gasteiger partial charge in [-0.2, -0.15) is 5.26 Å². The molecule has 0 bridgehead atoms. The van der Waals surface area contributed by atoms with Crippen molar-refractivity contribution in [3.05, 3.63) is 42.0 Å². The number of nitrogens with two attached hydrogens (primary N) is 1. The van der Waals surface area contributed by atoms with Crippen molar-refractivity contribution in [1.29, 1.82) is 5.26 Å². The van der Waals surface area contributed by atoms with Gasteiger partial charge in [0.15, 0.2) is 16.8 Å². The standard InChI is InChI=1S/C13H8N4O2/c14-7-8-1-3-9(4-2-8)18-11-6-5-10(15)12-13(11)17-19-16-12/h1-6H,15H2. The maximum absolute atomic E-state index is 8.73. The molecule has 92 valence electrons. The Morgan fingerprint density at radius 1 is 1.05 bits per heavy atom. The molecule has 0 saturated heterocycles. The highest BCUT2D eigenvalue weighted by molar-refractivity contribution is 5.90. The fourth-order valence-electron chi connectivity index (χ4n) is 1.67. The number of nitrogen functional groups attached to an aromatic ring is 1. The number of nitrogens with zero attached hydrogens (tertiary/aromatic N) is 3. The molecule has 1 aromatic heterocycles. The van der Waals surface area contributed by atoms with Crippen LogP contribution in [0, 0.1) is 11.3 Å². The van der Waals surface area contributed by atoms with E-state index in [1.54, 1.807) is 36.4 Å².